The topological polar surface area (TPSA) is 58.2 Å². The van der Waals surface area contributed by atoms with Crippen molar-refractivity contribution in [3.63, 3.8) is 0 Å². The first-order valence-electron chi connectivity index (χ1n) is 6.95. The molecule has 5 heteroatoms. The number of halogens is 1. The fraction of sp³-hybridized carbons (Fsp3) is 0.176. The van der Waals surface area contributed by atoms with Gasteiger partial charge in [-0.05, 0) is 42.8 Å². The summed E-state index contributed by atoms with van der Waals surface area (Å²) in [7, 11) is 0. The van der Waals surface area contributed by atoms with Crippen molar-refractivity contribution in [2.45, 2.75) is 6.92 Å². The summed E-state index contributed by atoms with van der Waals surface area (Å²) >= 11 is 5.93. The van der Waals surface area contributed by atoms with Crippen LogP contribution >= 0.6 is 11.6 Å². The molecular formula is C17H17ClN2O2. The van der Waals surface area contributed by atoms with Gasteiger partial charge in [0.2, 0.25) is 0 Å². The third kappa shape index (κ3) is 4.33. The van der Waals surface area contributed by atoms with Crippen LogP contribution in [-0.4, -0.2) is 24.9 Å². The zero-order valence-corrected chi connectivity index (χ0v) is 13.0. The number of benzene rings is 2. The van der Waals surface area contributed by atoms with E-state index in [0.717, 1.165) is 5.56 Å². The molecule has 0 heterocycles. The van der Waals surface area contributed by atoms with Crippen molar-refractivity contribution < 1.29 is 9.59 Å². The maximum absolute atomic E-state index is 12.0. The maximum atomic E-state index is 12.0. The van der Waals surface area contributed by atoms with Crippen LogP contribution in [0.15, 0.2) is 48.5 Å². The van der Waals surface area contributed by atoms with E-state index in [0.29, 0.717) is 29.2 Å². The minimum Gasteiger partial charge on any atom is -0.350 e. The second-order valence-corrected chi connectivity index (χ2v) is 5.25. The minimum absolute atomic E-state index is 0.155. The Morgan fingerprint density at radius 1 is 0.909 bits per heavy atom. The van der Waals surface area contributed by atoms with Crippen LogP contribution in [-0.2, 0) is 0 Å². The number of rotatable bonds is 5. The van der Waals surface area contributed by atoms with Gasteiger partial charge in [0.25, 0.3) is 11.8 Å². The maximum Gasteiger partial charge on any atom is 0.251 e. The largest absolute Gasteiger partial charge is 0.350 e. The Kier molecular flexibility index (Phi) is 5.55. The second-order valence-electron chi connectivity index (χ2n) is 4.84. The molecule has 2 N–H and O–H groups in total. The van der Waals surface area contributed by atoms with E-state index < -0.39 is 0 Å². The zero-order valence-electron chi connectivity index (χ0n) is 12.2. The van der Waals surface area contributed by atoms with Gasteiger partial charge in [-0.1, -0.05) is 29.8 Å². The fourth-order valence-corrected chi connectivity index (χ4v) is 2.05. The summed E-state index contributed by atoms with van der Waals surface area (Å²) in [5.41, 5.74) is 2.00. The van der Waals surface area contributed by atoms with E-state index >= 15 is 0 Å². The number of hydrogen-bond donors (Lipinski definition) is 2. The molecule has 2 aromatic rings. The van der Waals surface area contributed by atoms with E-state index in [1.54, 1.807) is 42.5 Å². The highest BCUT2D eigenvalue weighted by Gasteiger charge is 2.07. The van der Waals surface area contributed by atoms with Gasteiger partial charge in [0, 0.05) is 29.2 Å². The molecular weight excluding hydrogens is 300 g/mol. The molecule has 0 aromatic heterocycles. The summed E-state index contributed by atoms with van der Waals surface area (Å²) in [4.78, 5) is 23.8. The van der Waals surface area contributed by atoms with Crippen LogP contribution in [0.5, 0.6) is 0 Å². The highest BCUT2D eigenvalue weighted by Crippen LogP contribution is 2.16. The first kappa shape index (κ1) is 16.0. The summed E-state index contributed by atoms with van der Waals surface area (Å²) in [6.07, 6.45) is 0. The SMILES string of the molecule is Cc1cc(C(=O)NCCNC(=O)c2ccccc2)ccc1Cl. The molecule has 0 bridgehead atoms. The van der Waals surface area contributed by atoms with Crippen molar-refractivity contribution >= 4 is 23.4 Å². The average molecular weight is 317 g/mol. The van der Waals surface area contributed by atoms with Gasteiger partial charge in [0.1, 0.15) is 0 Å². The Morgan fingerprint density at radius 2 is 1.50 bits per heavy atom. The predicted octanol–water partition coefficient (Wildman–Crippen LogP) is 2.81. The molecule has 0 aliphatic heterocycles. The number of amides is 2. The van der Waals surface area contributed by atoms with Gasteiger partial charge in [0.05, 0.1) is 0 Å². The van der Waals surface area contributed by atoms with E-state index in [1.165, 1.54) is 0 Å². The third-order valence-electron chi connectivity index (χ3n) is 3.15. The van der Waals surface area contributed by atoms with Gasteiger partial charge in [0.15, 0.2) is 0 Å². The minimum atomic E-state index is -0.186. The van der Waals surface area contributed by atoms with E-state index in [1.807, 2.05) is 13.0 Å². The van der Waals surface area contributed by atoms with Gasteiger partial charge in [-0.3, -0.25) is 9.59 Å². The first-order chi connectivity index (χ1) is 10.6. The van der Waals surface area contributed by atoms with Crippen molar-refractivity contribution in [3.05, 3.63) is 70.2 Å². The Labute approximate surface area is 134 Å². The van der Waals surface area contributed by atoms with Crippen molar-refractivity contribution in [2.75, 3.05) is 13.1 Å². The number of carbonyl (C=O) groups excluding carboxylic acids is 2. The van der Waals surface area contributed by atoms with Crippen molar-refractivity contribution in [2.24, 2.45) is 0 Å². The van der Waals surface area contributed by atoms with Gasteiger partial charge in [-0.25, -0.2) is 0 Å². The van der Waals surface area contributed by atoms with Crippen LogP contribution < -0.4 is 10.6 Å². The lowest BCUT2D eigenvalue weighted by Crippen LogP contribution is -2.34. The van der Waals surface area contributed by atoms with Crippen LogP contribution in [0.25, 0.3) is 0 Å². The molecule has 22 heavy (non-hydrogen) atoms. The predicted molar refractivity (Wildman–Crippen MR) is 87.3 cm³/mol. The second kappa shape index (κ2) is 7.61. The summed E-state index contributed by atoms with van der Waals surface area (Å²) in [5.74, 6) is -0.342. The van der Waals surface area contributed by atoms with Gasteiger partial charge < -0.3 is 10.6 Å². The molecule has 0 aliphatic rings. The van der Waals surface area contributed by atoms with E-state index in [2.05, 4.69) is 10.6 Å². The van der Waals surface area contributed by atoms with Gasteiger partial charge in [-0.2, -0.15) is 0 Å². The van der Waals surface area contributed by atoms with Crippen LogP contribution in [0.4, 0.5) is 0 Å². The number of carbonyl (C=O) groups is 2. The lowest BCUT2D eigenvalue weighted by molar-refractivity contribution is 0.0927. The monoisotopic (exact) mass is 316 g/mol. The molecule has 0 aliphatic carbocycles. The normalized spacial score (nSPS) is 10.1. The van der Waals surface area contributed by atoms with Gasteiger partial charge in [-0.15, -0.1) is 0 Å². The van der Waals surface area contributed by atoms with Crippen molar-refractivity contribution in [1.29, 1.82) is 0 Å². The molecule has 114 valence electrons. The molecule has 2 aromatic carbocycles. The molecule has 2 rings (SSSR count). The van der Waals surface area contributed by atoms with Crippen LogP contribution in [0, 0.1) is 6.92 Å². The van der Waals surface area contributed by atoms with E-state index in [9.17, 15) is 9.59 Å². The third-order valence-corrected chi connectivity index (χ3v) is 3.58. The Morgan fingerprint density at radius 3 is 2.09 bits per heavy atom. The standard InChI is InChI=1S/C17H17ClN2O2/c1-12-11-14(7-8-15(12)18)17(22)20-10-9-19-16(21)13-5-3-2-4-6-13/h2-8,11H,9-10H2,1H3,(H,19,21)(H,20,22). The van der Waals surface area contributed by atoms with Crippen LogP contribution in [0.2, 0.25) is 5.02 Å². The van der Waals surface area contributed by atoms with Crippen LogP contribution in [0.1, 0.15) is 26.3 Å². The lowest BCUT2D eigenvalue weighted by atomic mass is 10.1. The summed E-state index contributed by atoms with van der Waals surface area (Å²) < 4.78 is 0. The lowest BCUT2D eigenvalue weighted by Gasteiger charge is -2.08. The summed E-state index contributed by atoms with van der Waals surface area (Å²) in [6, 6.07) is 14.1. The first-order valence-corrected chi connectivity index (χ1v) is 7.33. The Bertz CT molecular complexity index is 672. The van der Waals surface area contributed by atoms with Gasteiger partial charge >= 0.3 is 0 Å². The Balaban J connectivity index is 1.78. The quantitative estimate of drug-likeness (QED) is 0.833. The molecule has 0 radical (unpaired) electrons. The molecule has 4 nitrogen and oxygen atoms in total. The van der Waals surface area contributed by atoms with Crippen molar-refractivity contribution in [1.82, 2.24) is 10.6 Å². The van der Waals surface area contributed by atoms with Crippen molar-refractivity contribution in [3.8, 4) is 0 Å². The molecule has 0 atom stereocenters. The summed E-state index contributed by atoms with van der Waals surface area (Å²) in [5, 5.41) is 6.14. The smallest absolute Gasteiger partial charge is 0.251 e. The molecule has 0 fully saturated rings. The molecule has 0 saturated carbocycles. The average Bonchev–Trinajstić information content (AvgIpc) is 2.54. The highest BCUT2D eigenvalue weighted by atomic mass is 35.5. The molecule has 0 spiro atoms. The van der Waals surface area contributed by atoms with E-state index in [-0.39, 0.29) is 11.8 Å². The number of nitrogens with one attached hydrogen (secondary N) is 2. The number of aryl methyl sites for hydroxylation is 1. The summed E-state index contributed by atoms with van der Waals surface area (Å²) in [6.45, 7) is 2.57. The van der Waals surface area contributed by atoms with E-state index in [4.69, 9.17) is 11.6 Å². The number of hydrogen-bond acceptors (Lipinski definition) is 2. The highest BCUT2D eigenvalue weighted by molar-refractivity contribution is 6.31. The Hall–Kier alpha value is -2.33. The molecule has 2 amide bonds. The molecule has 0 saturated heterocycles. The molecule has 0 unspecified atom stereocenters. The van der Waals surface area contributed by atoms with Crippen LogP contribution in [0.3, 0.4) is 0 Å². The zero-order chi connectivity index (χ0) is 15.9. The fourth-order valence-electron chi connectivity index (χ4n) is 1.93.